The fourth-order valence-electron chi connectivity index (χ4n) is 0.941. The number of rotatable bonds is 5. The van der Waals surface area contributed by atoms with Crippen LogP contribution in [0.15, 0.2) is 18.3 Å². The minimum absolute atomic E-state index is 0.122. The van der Waals surface area contributed by atoms with Crippen LogP contribution in [0.1, 0.15) is 5.56 Å². The molecule has 6 heteroatoms. The van der Waals surface area contributed by atoms with Crippen LogP contribution in [0.2, 0.25) is 0 Å². The van der Waals surface area contributed by atoms with Crippen LogP contribution in [0.4, 0.5) is 5.82 Å². The van der Waals surface area contributed by atoms with Crippen LogP contribution >= 0.6 is 12.6 Å². The summed E-state index contributed by atoms with van der Waals surface area (Å²) in [6.07, 6.45) is 1.50. The first kappa shape index (κ1) is 10.9. The van der Waals surface area contributed by atoms with Crippen molar-refractivity contribution in [3.05, 3.63) is 34.0 Å². The number of thiol groups is 1. The van der Waals surface area contributed by atoms with Gasteiger partial charge in [0, 0.05) is 30.5 Å². The van der Waals surface area contributed by atoms with Gasteiger partial charge in [-0.2, -0.15) is 12.6 Å². The molecule has 1 aromatic rings. The zero-order chi connectivity index (χ0) is 10.4. The van der Waals surface area contributed by atoms with Gasteiger partial charge in [0.25, 0.3) is 0 Å². The first-order valence-corrected chi connectivity index (χ1v) is 4.78. The molecule has 0 aliphatic heterocycles. The summed E-state index contributed by atoms with van der Waals surface area (Å²) in [6, 6.07) is 3.09. The van der Waals surface area contributed by atoms with E-state index in [1.165, 1.54) is 12.3 Å². The molecule has 1 rings (SSSR count). The lowest BCUT2D eigenvalue weighted by atomic mass is 10.3. The highest BCUT2D eigenvalue weighted by Crippen LogP contribution is 2.06. The Morgan fingerprint density at radius 3 is 2.86 bits per heavy atom. The average Bonchev–Trinajstić information content (AvgIpc) is 2.19. The minimum atomic E-state index is -0.509. The number of pyridine rings is 1. The molecule has 0 bridgehead atoms. The van der Waals surface area contributed by atoms with Crippen LogP contribution in [0, 0.1) is 10.1 Å². The summed E-state index contributed by atoms with van der Waals surface area (Å²) < 4.78 is 0. The summed E-state index contributed by atoms with van der Waals surface area (Å²) in [5.74, 6) is 0.642. The second-order valence-corrected chi connectivity index (χ2v) is 3.13. The normalized spacial score (nSPS) is 10.1. The molecule has 0 saturated carbocycles. The van der Waals surface area contributed by atoms with Crippen LogP contribution < -0.4 is 5.32 Å². The molecule has 5 nitrogen and oxygen atoms in total. The maximum absolute atomic E-state index is 10.3. The molecular formula is C8H11N3O2S. The van der Waals surface area contributed by atoms with Crippen LogP contribution in [0.3, 0.4) is 0 Å². The number of aromatic nitrogens is 1. The lowest BCUT2D eigenvalue weighted by Gasteiger charge is -2.00. The van der Waals surface area contributed by atoms with E-state index in [-0.39, 0.29) is 5.82 Å². The number of nitro groups is 1. The maximum Gasteiger partial charge on any atom is 0.363 e. The molecule has 0 aromatic carbocycles. The third kappa shape index (κ3) is 3.31. The van der Waals surface area contributed by atoms with Crippen molar-refractivity contribution in [3.63, 3.8) is 0 Å². The van der Waals surface area contributed by atoms with Gasteiger partial charge in [-0.25, -0.2) is 0 Å². The second kappa shape index (κ2) is 5.56. The van der Waals surface area contributed by atoms with E-state index in [0.29, 0.717) is 6.54 Å². The fourth-order valence-corrected chi connectivity index (χ4v) is 1.10. The molecule has 0 atom stereocenters. The van der Waals surface area contributed by atoms with Crippen molar-refractivity contribution in [2.24, 2.45) is 0 Å². The largest absolute Gasteiger partial charge is 0.363 e. The van der Waals surface area contributed by atoms with Crippen molar-refractivity contribution in [2.45, 2.75) is 6.54 Å². The summed E-state index contributed by atoms with van der Waals surface area (Å²) in [5.41, 5.74) is 0.928. The molecule has 0 fully saturated rings. The van der Waals surface area contributed by atoms with Gasteiger partial charge in [0.15, 0.2) is 0 Å². The van der Waals surface area contributed by atoms with Crippen LogP contribution in [0.25, 0.3) is 0 Å². The van der Waals surface area contributed by atoms with Crippen LogP contribution in [-0.4, -0.2) is 22.2 Å². The summed E-state index contributed by atoms with van der Waals surface area (Å²) >= 11 is 4.04. The van der Waals surface area contributed by atoms with E-state index in [4.69, 9.17) is 0 Å². The molecule has 76 valence electrons. The Labute approximate surface area is 87.1 Å². The third-order valence-corrected chi connectivity index (χ3v) is 1.84. The Kier molecular flexibility index (Phi) is 4.34. The van der Waals surface area contributed by atoms with E-state index in [1.807, 2.05) is 0 Å². The van der Waals surface area contributed by atoms with Gasteiger partial charge in [0.1, 0.15) is 6.20 Å². The number of nitrogens with one attached hydrogen (secondary N) is 1. The van der Waals surface area contributed by atoms with Crippen molar-refractivity contribution in [2.75, 3.05) is 12.3 Å². The number of hydrogen-bond acceptors (Lipinski definition) is 5. The zero-order valence-electron chi connectivity index (χ0n) is 7.51. The van der Waals surface area contributed by atoms with E-state index in [2.05, 4.69) is 22.9 Å². The van der Waals surface area contributed by atoms with Crippen molar-refractivity contribution in [3.8, 4) is 0 Å². The predicted octanol–water partition coefficient (Wildman–Crippen LogP) is 1.01. The van der Waals surface area contributed by atoms with E-state index in [9.17, 15) is 10.1 Å². The highest BCUT2D eigenvalue weighted by atomic mass is 32.1. The van der Waals surface area contributed by atoms with Gasteiger partial charge in [0.05, 0.1) is 0 Å². The molecule has 0 saturated heterocycles. The molecule has 1 heterocycles. The highest BCUT2D eigenvalue weighted by molar-refractivity contribution is 7.80. The quantitative estimate of drug-likeness (QED) is 0.331. The molecule has 1 N–H and O–H groups in total. The molecule has 0 aliphatic carbocycles. The lowest BCUT2D eigenvalue weighted by molar-refractivity contribution is -0.389. The smallest absolute Gasteiger partial charge is 0.358 e. The molecule has 0 unspecified atom stereocenters. The average molecular weight is 213 g/mol. The van der Waals surface area contributed by atoms with Gasteiger partial charge in [-0.3, -0.25) is 0 Å². The van der Waals surface area contributed by atoms with Crippen molar-refractivity contribution < 1.29 is 4.92 Å². The van der Waals surface area contributed by atoms with Crippen molar-refractivity contribution >= 4 is 18.4 Å². The highest BCUT2D eigenvalue weighted by Gasteiger charge is 2.05. The summed E-state index contributed by atoms with van der Waals surface area (Å²) in [7, 11) is 0. The van der Waals surface area contributed by atoms with Gasteiger partial charge in [-0.05, 0) is 16.0 Å². The van der Waals surface area contributed by atoms with Crippen molar-refractivity contribution in [1.82, 2.24) is 10.3 Å². The molecule has 0 amide bonds. The van der Waals surface area contributed by atoms with Gasteiger partial charge in [0.2, 0.25) is 0 Å². The summed E-state index contributed by atoms with van der Waals surface area (Å²) in [6.45, 7) is 1.46. The molecular weight excluding hydrogens is 202 g/mol. The van der Waals surface area contributed by atoms with E-state index >= 15 is 0 Å². The maximum atomic E-state index is 10.3. The molecule has 0 radical (unpaired) electrons. The Morgan fingerprint density at radius 1 is 1.57 bits per heavy atom. The van der Waals surface area contributed by atoms with Crippen LogP contribution in [0.5, 0.6) is 0 Å². The first-order chi connectivity index (χ1) is 6.74. The van der Waals surface area contributed by atoms with Gasteiger partial charge in [-0.15, -0.1) is 0 Å². The van der Waals surface area contributed by atoms with E-state index in [1.54, 1.807) is 6.07 Å². The predicted molar refractivity (Wildman–Crippen MR) is 56.5 cm³/mol. The Bertz CT molecular complexity index is 302. The molecule has 0 spiro atoms. The third-order valence-electron chi connectivity index (χ3n) is 1.61. The summed E-state index contributed by atoms with van der Waals surface area (Å²) in [5, 5.41) is 13.4. The topological polar surface area (TPSA) is 68.1 Å². The Morgan fingerprint density at radius 2 is 2.36 bits per heavy atom. The summed E-state index contributed by atoms with van der Waals surface area (Å²) in [4.78, 5) is 13.5. The fraction of sp³-hybridized carbons (Fsp3) is 0.375. The van der Waals surface area contributed by atoms with E-state index < -0.39 is 4.92 Å². The van der Waals surface area contributed by atoms with Crippen molar-refractivity contribution in [1.29, 1.82) is 0 Å². The van der Waals surface area contributed by atoms with E-state index in [0.717, 1.165) is 17.9 Å². The Hall–Kier alpha value is -1.14. The molecule has 14 heavy (non-hydrogen) atoms. The zero-order valence-corrected chi connectivity index (χ0v) is 8.41. The lowest BCUT2D eigenvalue weighted by Crippen LogP contribution is -2.15. The number of nitrogens with zero attached hydrogens (tertiary/aromatic N) is 2. The monoisotopic (exact) mass is 213 g/mol. The molecule has 0 aliphatic rings. The standard InChI is InChI=1S/C8H11N3O2S/c12-11(13)8-2-1-7(6-10-8)5-9-3-4-14/h1-2,6,9,14H,3-5H2. The van der Waals surface area contributed by atoms with Gasteiger partial charge < -0.3 is 15.4 Å². The Balaban J connectivity index is 2.51. The second-order valence-electron chi connectivity index (χ2n) is 2.68. The van der Waals surface area contributed by atoms with Crippen LogP contribution in [-0.2, 0) is 6.54 Å². The van der Waals surface area contributed by atoms with Gasteiger partial charge in [-0.1, -0.05) is 0 Å². The first-order valence-electron chi connectivity index (χ1n) is 4.15. The molecule has 1 aromatic heterocycles. The minimum Gasteiger partial charge on any atom is -0.358 e. The SMILES string of the molecule is O=[N+]([O-])c1ccc(CNCCS)cn1. The van der Waals surface area contributed by atoms with Gasteiger partial charge >= 0.3 is 5.82 Å². The number of hydrogen-bond donors (Lipinski definition) is 2.